The molecule has 0 fully saturated rings. The van der Waals surface area contributed by atoms with Crippen molar-refractivity contribution in [3.05, 3.63) is 41.5 Å². The fraction of sp³-hybridized carbons (Fsp3) is 0.737. The summed E-state index contributed by atoms with van der Waals surface area (Å²) in [5.74, 6) is -10.3. The van der Waals surface area contributed by atoms with Gasteiger partial charge in [-0.25, -0.2) is 12.1 Å². The molecule has 0 unspecified atom stereocenters. The molecular weight excluding hydrogens is 591 g/mol. The number of hydrogen-bond acceptors (Lipinski definition) is 0. The summed E-state index contributed by atoms with van der Waals surface area (Å²) in [7, 11) is -4.92. The maximum atomic E-state index is 12.1. The van der Waals surface area contributed by atoms with Crippen molar-refractivity contribution in [3.63, 3.8) is 0 Å². The fourth-order valence-corrected chi connectivity index (χ4v) is 2.88. The molecule has 3 N–H and O–H groups in total. The van der Waals surface area contributed by atoms with Crippen molar-refractivity contribution in [2.45, 2.75) is 90.5 Å². The van der Waals surface area contributed by atoms with Gasteiger partial charge in [-0.3, -0.25) is 0 Å². The molecule has 0 atom stereocenters. The van der Waals surface area contributed by atoms with Crippen LogP contribution in [0.15, 0.2) is 24.3 Å². The van der Waals surface area contributed by atoms with Crippen LogP contribution in [0.2, 0.25) is 0 Å². The topological polar surface area (TPSA) is 71.4 Å². The van der Waals surface area contributed by atoms with Crippen molar-refractivity contribution in [2.24, 2.45) is 0 Å². The smallest absolute Gasteiger partial charge is 0.673 e. The first-order valence-electron chi connectivity index (χ1n) is 8.83. The van der Waals surface area contributed by atoms with E-state index in [1.807, 2.05) is 62.3 Å². The second-order valence-electron chi connectivity index (χ2n) is 9.48. The number of hydrogen-bond donors (Lipinski definition) is 0. The number of rotatable bonds is 1. The SMILES string of the molecule is CC(C)(C)[NH-].CC(C)(C)[NH-].CC(C)(C)[NH-].FC(F)(F)[SiH]([c-]1cccc1)C(F)(F)F.[Hf+4]. The number of nitrogens with one attached hydrogen (secondary N) is 3. The molecule has 1 aromatic rings. The third kappa shape index (κ3) is 38.5. The molecule has 0 aliphatic heterocycles. The molecule has 3 nitrogen and oxygen atoms in total. The molecule has 0 radical (unpaired) electrons. The summed E-state index contributed by atoms with van der Waals surface area (Å²) < 4.78 is 72.7. The van der Waals surface area contributed by atoms with Gasteiger partial charge in [0.1, 0.15) is 0 Å². The molecule has 0 aliphatic rings. The van der Waals surface area contributed by atoms with E-state index in [0.717, 1.165) is 12.1 Å². The minimum Gasteiger partial charge on any atom is -0.673 e. The second kappa shape index (κ2) is 14.1. The monoisotopic (exact) mass is 627 g/mol. The van der Waals surface area contributed by atoms with E-state index in [0.29, 0.717) is 0 Å². The van der Waals surface area contributed by atoms with Gasteiger partial charge in [0.2, 0.25) is 0 Å². The molecule has 0 amide bonds. The van der Waals surface area contributed by atoms with Crippen LogP contribution in [0.3, 0.4) is 0 Å². The van der Waals surface area contributed by atoms with E-state index in [9.17, 15) is 26.3 Å². The van der Waals surface area contributed by atoms with Crippen LogP contribution in [0.4, 0.5) is 26.3 Å². The van der Waals surface area contributed by atoms with Crippen molar-refractivity contribution < 1.29 is 52.2 Å². The summed E-state index contributed by atoms with van der Waals surface area (Å²) in [5.41, 5.74) is 20.1. The quantitative estimate of drug-likeness (QED) is 0.176. The van der Waals surface area contributed by atoms with Crippen molar-refractivity contribution in [3.8, 4) is 0 Å². The Kier molecular flexibility index (Phi) is 17.5. The zero-order chi connectivity index (χ0) is 24.5. The van der Waals surface area contributed by atoms with Gasteiger partial charge in [-0.15, -0.1) is 21.8 Å². The van der Waals surface area contributed by atoms with E-state index in [4.69, 9.17) is 17.2 Å². The molecule has 11 heteroatoms. The molecule has 0 aromatic heterocycles. The fourth-order valence-electron chi connectivity index (χ4n) is 1.14. The maximum absolute atomic E-state index is 12.1. The third-order valence-electron chi connectivity index (χ3n) is 1.68. The summed E-state index contributed by atoms with van der Waals surface area (Å²) in [6.45, 7) is 16.7. The van der Waals surface area contributed by atoms with Crippen LogP contribution in [0, 0.1) is 0 Å². The van der Waals surface area contributed by atoms with E-state index in [1.54, 1.807) is 0 Å². The number of alkyl halides is 6. The first kappa shape index (κ1) is 37.2. The zero-order valence-corrected chi connectivity index (χ0v) is 23.9. The van der Waals surface area contributed by atoms with Crippen molar-refractivity contribution in [1.29, 1.82) is 0 Å². The zero-order valence-electron chi connectivity index (χ0n) is 19.2. The molecule has 0 aliphatic carbocycles. The van der Waals surface area contributed by atoms with Gasteiger partial charge >= 0.3 is 37.4 Å². The summed E-state index contributed by atoms with van der Waals surface area (Å²) in [6, 6.07) is 4.09. The summed E-state index contributed by atoms with van der Waals surface area (Å²) in [5, 5.41) is -0.634. The van der Waals surface area contributed by atoms with Gasteiger partial charge in [0.25, 0.3) is 8.80 Å². The van der Waals surface area contributed by atoms with E-state index in [-0.39, 0.29) is 42.5 Å². The Morgan fingerprint density at radius 1 is 0.567 bits per heavy atom. The Labute approximate surface area is 197 Å². The maximum Gasteiger partial charge on any atom is 4.00 e. The predicted molar refractivity (Wildman–Crippen MR) is 113 cm³/mol. The van der Waals surface area contributed by atoms with Crippen molar-refractivity contribution in [1.82, 2.24) is 0 Å². The Hall–Kier alpha value is -0.103. The Morgan fingerprint density at radius 3 is 0.867 bits per heavy atom. The van der Waals surface area contributed by atoms with Gasteiger partial charge in [-0.1, -0.05) is 62.3 Å². The van der Waals surface area contributed by atoms with Crippen molar-refractivity contribution >= 4 is 14.0 Å². The Balaban J connectivity index is -0.000000176. The van der Waals surface area contributed by atoms with Gasteiger partial charge in [0.15, 0.2) is 0 Å². The molecule has 176 valence electrons. The van der Waals surface area contributed by atoms with E-state index in [2.05, 4.69) is 0 Å². The Morgan fingerprint density at radius 2 is 0.733 bits per heavy atom. The molecular formula is C19H35F6HfN3Si. The van der Waals surface area contributed by atoms with Gasteiger partial charge in [-0.05, 0) is 0 Å². The van der Waals surface area contributed by atoms with Crippen LogP contribution in [0.25, 0.3) is 17.2 Å². The van der Waals surface area contributed by atoms with Gasteiger partial charge < -0.3 is 17.2 Å². The largest absolute Gasteiger partial charge is 4.00 e. The average Bonchev–Trinajstić information content (AvgIpc) is 2.69. The average molecular weight is 626 g/mol. The third-order valence-corrected chi connectivity index (χ3v) is 4.04. The van der Waals surface area contributed by atoms with E-state index < -0.39 is 25.6 Å². The molecule has 0 heterocycles. The first-order chi connectivity index (χ1) is 12.2. The number of halogens is 6. The molecule has 0 bridgehead atoms. The molecule has 30 heavy (non-hydrogen) atoms. The van der Waals surface area contributed by atoms with Crippen LogP contribution in [0.1, 0.15) is 62.3 Å². The molecule has 1 aromatic carbocycles. The molecule has 0 spiro atoms. The summed E-state index contributed by atoms with van der Waals surface area (Å²) >= 11 is 0. The second-order valence-corrected chi connectivity index (χ2v) is 12.3. The molecule has 1 rings (SSSR count). The first-order valence-corrected chi connectivity index (χ1v) is 10.6. The van der Waals surface area contributed by atoms with Crippen LogP contribution in [-0.4, -0.2) is 37.0 Å². The van der Waals surface area contributed by atoms with Crippen LogP contribution in [-0.2, 0) is 25.8 Å². The van der Waals surface area contributed by atoms with Crippen LogP contribution < -0.4 is 5.19 Å². The van der Waals surface area contributed by atoms with E-state index in [1.165, 1.54) is 12.1 Å². The van der Waals surface area contributed by atoms with Crippen LogP contribution >= 0.6 is 0 Å². The van der Waals surface area contributed by atoms with Crippen LogP contribution in [0.5, 0.6) is 0 Å². The standard InChI is InChI=1S/C7H5F6Si.3C4H10N.Hf/c8-6(9,10)14(7(11,12)13)5-3-1-2-4-5;3*1-4(2,3)5;/h1-4,14H;3*5H,1-3H3;/q4*-1;+4. The van der Waals surface area contributed by atoms with Gasteiger partial charge in [0.05, 0.1) is 0 Å². The predicted octanol–water partition coefficient (Wildman–Crippen LogP) is 7.55. The van der Waals surface area contributed by atoms with Gasteiger partial charge in [-0.2, -0.15) is 38.5 Å². The summed E-state index contributed by atoms with van der Waals surface area (Å²) in [6.07, 6.45) is 0. The minimum absolute atomic E-state index is 0. The minimum atomic E-state index is -5.16. The molecule has 0 saturated heterocycles. The molecule has 0 saturated carbocycles. The summed E-state index contributed by atoms with van der Waals surface area (Å²) in [4.78, 5) is 0. The van der Waals surface area contributed by atoms with Gasteiger partial charge in [0, 0.05) is 0 Å². The van der Waals surface area contributed by atoms with Crippen molar-refractivity contribution in [2.75, 3.05) is 0 Å². The Bertz CT molecular complexity index is 464. The van der Waals surface area contributed by atoms with E-state index >= 15 is 0 Å². The normalized spacial score (nSPS) is 12.4.